The Bertz CT molecular complexity index is 1440. The van der Waals surface area contributed by atoms with Crippen LogP contribution in [0.4, 0.5) is 5.69 Å². The number of carboxylic acids is 1. The summed E-state index contributed by atoms with van der Waals surface area (Å²) in [6.45, 7) is 0. The Morgan fingerprint density at radius 3 is 2.57 bits per heavy atom. The highest BCUT2D eigenvalue weighted by Gasteiger charge is 2.21. The van der Waals surface area contributed by atoms with E-state index in [2.05, 4.69) is 31.3 Å². The molecule has 1 atom stereocenters. The standard InChI is InChI=1S/C26H21ClN6O4/c27-19-10-11-21(24-30-32-33-31-24)17(14-19)9-12-23(34)29-22(13-16-5-2-1-3-6-16)25(35)28-20-8-4-7-18(15-20)26(36)37/h1-12,14-15,22H,13H2,(H,28,35)(H,29,34)(H,36,37)(H,30,31,32,33)/b12-9+/t22-/m0/s1. The molecule has 10 nitrogen and oxygen atoms in total. The quantitative estimate of drug-likeness (QED) is 0.248. The van der Waals surface area contributed by atoms with E-state index in [0.29, 0.717) is 27.7 Å². The summed E-state index contributed by atoms with van der Waals surface area (Å²) in [5.41, 5.74) is 2.36. The summed E-state index contributed by atoms with van der Waals surface area (Å²) < 4.78 is 0. The molecule has 0 radical (unpaired) electrons. The molecule has 0 fully saturated rings. The van der Waals surface area contributed by atoms with Crippen molar-refractivity contribution >= 4 is 41.1 Å². The van der Waals surface area contributed by atoms with E-state index >= 15 is 0 Å². The highest BCUT2D eigenvalue weighted by atomic mass is 35.5. The van der Waals surface area contributed by atoms with Crippen molar-refractivity contribution in [3.8, 4) is 11.4 Å². The number of hydrogen-bond donors (Lipinski definition) is 4. The van der Waals surface area contributed by atoms with Crippen molar-refractivity contribution in [2.45, 2.75) is 12.5 Å². The average molecular weight is 517 g/mol. The van der Waals surface area contributed by atoms with Gasteiger partial charge in [-0.1, -0.05) is 48.0 Å². The molecule has 11 heteroatoms. The van der Waals surface area contributed by atoms with Crippen LogP contribution in [-0.2, 0) is 16.0 Å². The van der Waals surface area contributed by atoms with Crippen molar-refractivity contribution in [1.29, 1.82) is 0 Å². The first-order valence-corrected chi connectivity index (χ1v) is 11.5. The van der Waals surface area contributed by atoms with Crippen molar-refractivity contribution in [2.24, 2.45) is 0 Å². The van der Waals surface area contributed by atoms with Crippen molar-refractivity contribution < 1.29 is 19.5 Å². The molecule has 0 bridgehead atoms. The van der Waals surface area contributed by atoms with Crippen LogP contribution in [-0.4, -0.2) is 49.6 Å². The largest absolute Gasteiger partial charge is 0.478 e. The molecular formula is C26H21ClN6O4. The van der Waals surface area contributed by atoms with Crippen molar-refractivity contribution in [2.75, 3.05) is 5.32 Å². The smallest absolute Gasteiger partial charge is 0.335 e. The van der Waals surface area contributed by atoms with Gasteiger partial charge < -0.3 is 15.7 Å². The first kappa shape index (κ1) is 25.3. The summed E-state index contributed by atoms with van der Waals surface area (Å²) in [4.78, 5) is 37.3. The number of rotatable bonds is 9. The molecule has 2 amide bonds. The number of H-pyrrole nitrogens is 1. The Labute approximate surface area is 216 Å². The zero-order valence-electron chi connectivity index (χ0n) is 19.3. The number of benzene rings is 3. The van der Waals surface area contributed by atoms with Gasteiger partial charge in [-0.15, -0.1) is 10.2 Å². The van der Waals surface area contributed by atoms with Crippen LogP contribution in [0.15, 0.2) is 78.9 Å². The minimum atomic E-state index is -1.11. The zero-order chi connectivity index (χ0) is 26.2. The summed E-state index contributed by atoms with van der Waals surface area (Å²) in [5.74, 6) is -1.80. The number of anilines is 1. The van der Waals surface area contributed by atoms with Crippen LogP contribution in [0, 0.1) is 0 Å². The van der Waals surface area contributed by atoms with Gasteiger partial charge in [-0.25, -0.2) is 4.79 Å². The highest BCUT2D eigenvalue weighted by molar-refractivity contribution is 6.30. The fourth-order valence-corrected chi connectivity index (χ4v) is 3.74. The molecule has 37 heavy (non-hydrogen) atoms. The molecule has 1 aromatic heterocycles. The second-order valence-electron chi connectivity index (χ2n) is 7.93. The van der Waals surface area contributed by atoms with Gasteiger partial charge in [-0.05, 0) is 58.8 Å². The third kappa shape index (κ3) is 6.86. The molecule has 0 saturated carbocycles. The topological polar surface area (TPSA) is 150 Å². The second-order valence-corrected chi connectivity index (χ2v) is 8.36. The average Bonchev–Trinajstić information content (AvgIpc) is 3.43. The van der Waals surface area contributed by atoms with Crippen molar-refractivity contribution in [3.05, 3.63) is 101 Å². The molecule has 4 rings (SSSR count). The number of aromatic carboxylic acids is 1. The van der Waals surface area contributed by atoms with Crippen LogP contribution in [0.1, 0.15) is 21.5 Å². The number of carboxylic acid groups (broad SMARTS) is 1. The minimum absolute atomic E-state index is 0.0308. The van der Waals surface area contributed by atoms with Gasteiger partial charge in [0.2, 0.25) is 17.6 Å². The number of aromatic nitrogens is 4. The Morgan fingerprint density at radius 1 is 1.03 bits per heavy atom. The van der Waals surface area contributed by atoms with E-state index in [1.165, 1.54) is 24.3 Å². The molecular weight excluding hydrogens is 496 g/mol. The molecule has 4 N–H and O–H groups in total. The lowest BCUT2D eigenvalue weighted by molar-refractivity contribution is -0.123. The number of amides is 2. The molecule has 0 unspecified atom stereocenters. The molecule has 4 aromatic rings. The summed E-state index contributed by atoms with van der Waals surface area (Å²) in [6.07, 6.45) is 3.04. The Kier molecular flexibility index (Phi) is 8.01. The van der Waals surface area contributed by atoms with Crippen LogP contribution in [0.3, 0.4) is 0 Å². The van der Waals surface area contributed by atoms with E-state index in [1.807, 2.05) is 30.3 Å². The van der Waals surface area contributed by atoms with Crippen LogP contribution in [0.25, 0.3) is 17.5 Å². The SMILES string of the molecule is O=C(/C=C/c1cc(Cl)ccc1-c1nn[nH]n1)N[C@@H](Cc1ccccc1)C(=O)Nc1cccc(C(=O)O)c1. The number of halogens is 1. The first-order chi connectivity index (χ1) is 17.9. The molecule has 0 aliphatic heterocycles. The third-order valence-corrected chi connectivity index (χ3v) is 5.54. The summed E-state index contributed by atoms with van der Waals surface area (Å²) in [5, 5.41) is 29.0. The number of aromatic amines is 1. The number of hydrogen-bond acceptors (Lipinski definition) is 6. The molecule has 0 aliphatic carbocycles. The lowest BCUT2D eigenvalue weighted by atomic mass is 10.0. The minimum Gasteiger partial charge on any atom is -0.478 e. The van der Waals surface area contributed by atoms with E-state index in [4.69, 9.17) is 11.6 Å². The number of carbonyl (C=O) groups is 3. The normalized spacial score (nSPS) is 11.7. The van der Waals surface area contributed by atoms with Gasteiger partial charge in [0, 0.05) is 28.8 Å². The van der Waals surface area contributed by atoms with Crippen molar-refractivity contribution in [1.82, 2.24) is 25.9 Å². The fourth-order valence-electron chi connectivity index (χ4n) is 3.55. The van der Waals surface area contributed by atoms with E-state index in [0.717, 1.165) is 5.56 Å². The van der Waals surface area contributed by atoms with Gasteiger partial charge in [0.1, 0.15) is 6.04 Å². The lowest BCUT2D eigenvalue weighted by Crippen LogP contribution is -2.44. The summed E-state index contributed by atoms with van der Waals surface area (Å²) in [7, 11) is 0. The fraction of sp³-hybridized carbons (Fsp3) is 0.0769. The number of nitrogens with one attached hydrogen (secondary N) is 3. The number of carbonyl (C=O) groups excluding carboxylic acids is 2. The van der Waals surface area contributed by atoms with Crippen molar-refractivity contribution in [3.63, 3.8) is 0 Å². The summed E-state index contributed by atoms with van der Waals surface area (Å²) >= 11 is 6.13. The first-order valence-electron chi connectivity index (χ1n) is 11.1. The molecule has 186 valence electrons. The maximum atomic E-state index is 13.1. The lowest BCUT2D eigenvalue weighted by Gasteiger charge is -2.18. The van der Waals surface area contributed by atoms with Gasteiger partial charge >= 0.3 is 5.97 Å². The Hall–Kier alpha value is -4.83. The Balaban J connectivity index is 1.53. The summed E-state index contributed by atoms with van der Waals surface area (Å²) in [6, 6.07) is 19.2. The van der Waals surface area contributed by atoms with E-state index in [-0.39, 0.29) is 12.0 Å². The van der Waals surface area contributed by atoms with Gasteiger partial charge in [-0.2, -0.15) is 5.21 Å². The maximum Gasteiger partial charge on any atom is 0.335 e. The van der Waals surface area contributed by atoms with Gasteiger partial charge in [0.05, 0.1) is 5.56 Å². The van der Waals surface area contributed by atoms with Gasteiger partial charge in [0.25, 0.3) is 0 Å². The van der Waals surface area contributed by atoms with E-state index < -0.39 is 23.8 Å². The predicted molar refractivity (Wildman–Crippen MR) is 138 cm³/mol. The second kappa shape index (κ2) is 11.7. The van der Waals surface area contributed by atoms with E-state index in [9.17, 15) is 19.5 Å². The molecule has 0 spiro atoms. The number of tetrazole rings is 1. The van der Waals surface area contributed by atoms with Gasteiger partial charge in [0.15, 0.2) is 0 Å². The van der Waals surface area contributed by atoms with Crippen LogP contribution in [0.2, 0.25) is 5.02 Å². The molecule has 0 aliphatic rings. The maximum absolute atomic E-state index is 13.1. The van der Waals surface area contributed by atoms with Crippen LogP contribution < -0.4 is 10.6 Å². The predicted octanol–water partition coefficient (Wildman–Crippen LogP) is 3.60. The molecule has 0 saturated heterocycles. The Morgan fingerprint density at radius 2 is 1.84 bits per heavy atom. The molecule has 3 aromatic carbocycles. The highest BCUT2D eigenvalue weighted by Crippen LogP contribution is 2.24. The third-order valence-electron chi connectivity index (χ3n) is 5.31. The van der Waals surface area contributed by atoms with Crippen LogP contribution in [0.5, 0.6) is 0 Å². The number of nitrogens with zero attached hydrogens (tertiary/aromatic N) is 3. The van der Waals surface area contributed by atoms with E-state index in [1.54, 1.807) is 30.3 Å². The zero-order valence-corrected chi connectivity index (χ0v) is 20.0. The van der Waals surface area contributed by atoms with Gasteiger partial charge in [-0.3, -0.25) is 9.59 Å². The monoisotopic (exact) mass is 516 g/mol. The molecule has 1 heterocycles. The van der Waals surface area contributed by atoms with Crippen LogP contribution >= 0.6 is 11.6 Å².